The zero-order valence-corrected chi connectivity index (χ0v) is 70.3. The quantitative estimate of drug-likeness (QED) is 0.0161. The standard InChI is InChI=1S/C88H109N23O17/c1-48-73(115)102-62(27-15-35-97-87(92)93)77(119)103-63(28-16-36-98-88(94)95)79(121)109-68(84(126)101-60(72(91)114)26-14-33-89)46-99-75(117)58-42-57-43-59(44-58)76(118)105-65(40-50-29-31-52-19-8-10-23-55(52)37-50)81(123)110-69(47-112)85(127)108-67(45-70(90)113)82(124)107-66(41-51-30-32-53-20-9-11-24-56(53)38-51)83(125)111-71(54-21-6-3-7-22-54)86(128)104-61(25-12-13-34-96-74(57)116)78(120)106-64(80(122)100-48)39-49-17-4-2-5-18-49/h2-11,17-24,29-32,37-38,42-44,48,60-69,71,112H,12-16,25-28,33-36,39-41,45-47,89H2,1H3,(H2,90,113)(H2,91,114)(H,96,116)(H,99,117)(H,100,122)(H,101,126)(H,102,115)(H,103,119)(H,104,128)(H,105,118)(H,106,120)(H,107,124)(H,108,127)(H,109,121)(H,110,123)(H,111,125)(H4,92,93,97)(H4,94,95,98)/t48-,60-,61-,62+,63-,64+,65+,66+,67-,68-,69-,71-/m0/s1. The summed E-state index contributed by atoms with van der Waals surface area (Å²) in [4.78, 5) is 237. The van der Waals surface area contributed by atoms with Crippen molar-refractivity contribution >= 4 is 128 Å². The van der Waals surface area contributed by atoms with Gasteiger partial charge >= 0.3 is 0 Å². The van der Waals surface area contributed by atoms with E-state index < -0.39 is 215 Å². The van der Waals surface area contributed by atoms with Gasteiger partial charge in [-0.3, -0.25) is 87.5 Å². The first-order chi connectivity index (χ1) is 61.3. The Morgan fingerprint density at radius 2 is 0.891 bits per heavy atom. The predicted molar refractivity (Wildman–Crippen MR) is 471 cm³/mol. The molecule has 0 saturated heterocycles. The number of primary amides is 2. The van der Waals surface area contributed by atoms with Crippen molar-refractivity contribution < 1.29 is 81.8 Å². The number of aliphatic hydroxyl groups is 1. The van der Waals surface area contributed by atoms with Crippen molar-refractivity contribution in [1.82, 2.24) is 85.1 Å². The Morgan fingerprint density at radius 3 is 1.45 bits per heavy atom. The van der Waals surface area contributed by atoms with Crippen molar-refractivity contribution in [3.8, 4) is 0 Å². The molecule has 16 amide bonds. The molecule has 128 heavy (non-hydrogen) atoms. The molecule has 40 nitrogen and oxygen atoms in total. The Hall–Kier alpha value is -15.0. The highest BCUT2D eigenvalue weighted by molar-refractivity contribution is 6.07. The van der Waals surface area contributed by atoms with Crippen molar-refractivity contribution in [2.24, 2.45) is 28.7 Å². The average molecular weight is 1760 g/mol. The number of nitrogens with two attached hydrogens (primary N) is 5. The number of amides is 16. The molecule has 2 aliphatic rings. The van der Waals surface area contributed by atoms with Crippen LogP contribution in [0.3, 0.4) is 0 Å². The molecule has 2 heterocycles. The van der Waals surface area contributed by atoms with Crippen molar-refractivity contribution in [2.45, 2.75) is 163 Å². The smallest absolute Gasteiger partial charge is 0.251 e. The number of rotatable bonds is 24. The van der Waals surface area contributed by atoms with Crippen LogP contribution in [0.25, 0.3) is 21.5 Å². The molecule has 40 heteroatoms. The summed E-state index contributed by atoms with van der Waals surface area (Å²) in [5.41, 5.74) is 28.5. The van der Waals surface area contributed by atoms with E-state index in [4.69, 9.17) is 39.5 Å². The van der Waals surface area contributed by atoms with Gasteiger partial charge in [-0.2, -0.15) is 0 Å². The third-order valence-corrected chi connectivity index (χ3v) is 21.2. The molecule has 0 spiro atoms. The van der Waals surface area contributed by atoms with Crippen LogP contribution in [0, 0.1) is 10.8 Å². The van der Waals surface area contributed by atoms with Gasteiger partial charge in [0.1, 0.15) is 72.5 Å². The minimum absolute atomic E-state index is 0.00777. The summed E-state index contributed by atoms with van der Waals surface area (Å²) < 4.78 is 0. The van der Waals surface area contributed by atoms with E-state index in [0.29, 0.717) is 27.5 Å². The van der Waals surface area contributed by atoms with Crippen LogP contribution in [-0.2, 0) is 81.6 Å². The number of nitrogens with one attached hydrogen (secondary N) is 18. The minimum atomic E-state index is -2.01. The number of carbonyl (C=O) groups is 16. The lowest BCUT2D eigenvalue weighted by molar-refractivity contribution is -0.136. The Bertz CT molecular complexity index is 5240. The van der Waals surface area contributed by atoms with Gasteiger partial charge in [-0.25, -0.2) is 0 Å². The number of guanidine groups is 2. The van der Waals surface area contributed by atoms with Crippen LogP contribution in [0.15, 0.2) is 164 Å². The zero-order valence-electron chi connectivity index (χ0n) is 70.3. The van der Waals surface area contributed by atoms with Crippen LogP contribution in [-0.4, -0.2) is 217 Å². The van der Waals surface area contributed by atoms with Crippen LogP contribution in [0.2, 0.25) is 0 Å². The zero-order chi connectivity index (χ0) is 92.5. The molecule has 678 valence electrons. The van der Waals surface area contributed by atoms with Gasteiger partial charge in [-0.15, -0.1) is 0 Å². The fourth-order valence-corrected chi connectivity index (χ4v) is 14.3. The normalized spacial score (nSPS) is 21.8. The van der Waals surface area contributed by atoms with E-state index in [1.807, 2.05) is 12.1 Å². The van der Waals surface area contributed by atoms with Crippen LogP contribution in [0.1, 0.15) is 131 Å². The van der Waals surface area contributed by atoms with Crippen LogP contribution < -0.4 is 114 Å². The molecule has 0 aromatic heterocycles. The lowest BCUT2D eigenvalue weighted by Gasteiger charge is -2.28. The van der Waals surface area contributed by atoms with E-state index >= 15 is 43.2 Å². The van der Waals surface area contributed by atoms with Crippen molar-refractivity contribution in [2.75, 3.05) is 39.3 Å². The first-order valence-electron chi connectivity index (χ1n) is 41.8. The summed E-state index contributed by atoms with van der Waals surface area (Å²) in [5, 5.41) is 71.0. The number of fused-ring (bicyclic) bond motifs is 10. The Labute approximate surface area is 736 Å². The number of benzene rings is 7. The topological polar surface area (TPSA) is 664 Å². The second-order valence-electron chi connectivity index (χ2n) is 31.0. The second kappa shape index (κ2) is 47.8. The molecular formula is C88H109N23O17. The predicted octanol–water partition coefficient (Wildman–Crippen LogP) is -3.18. The molecule has 4 bridgehead atoms. The summed E-state index contributed by atoms with van der Waals surface area (Å²) in [5.74, 6) is -18.4. The molecule has 7 aromatic carbocycles. The molecule has 0 fully saturated rings. The maximum atomic E-state index is 15.6. The fourth-order valence-electron chi connectivity index (χ4n) is 14.3. The molecule has 12 atom stereocenters. The van der Waals surface area contributed by atoms with E-state index in [1.54, 1.807) is 121 Å². The van der Waals surface area contributed by atoms with Crippen molar-refractivity contribution in [3.05, 3.63) is 203 Å². The molecule has 0 saturated carbocycles. The average Bonchev–Trinajstić information content (AvgIpc) is 0.806. The van der Waals surface area contributed by atoms with E-state index in [1.165, 1.54) is 19.1 Å². The summed E-state index contributed by atoms with van der Waals surface area (Å²) in [6.07, 6.45) is -2.89. The highest BCUT2D eigenvalue weighted by Gasteiger charge is 2.39. The number of carbonyl (C=O) groups excluding carboxylic acids is 16. The lowest BCUT2D eigenvalue weighted by Crippen LogP contribution is -2.61. The first-order valence-corrected chi connectivity index (χ1v) is 41.8. The molecule has 0 radical (unpaired) electrons. The summed E-state index contributed by atoms with van der Waals surface area (Å²) in [6, 6.07) is 23.0. The highest BCUT2D eigenvalue weighted by Crippen LogP contribution is 2.23. The molecule has 9 rings (SSSR count). The molecule has 29 N–H and O–H groups in total. The number of aliphatic hydroxyl groups excluding tert-OH is 1. The van der Waals surface area contributed by atoms with Gasteiger partial charge in [0.25, 0.3) is 17.7 Å². The highest BCUT2D eigenvalue weighted by atomic mass is 16.3. The molecule has 0 unspecified atom stereocenters. The van der Waals surface area contributed by atoms with Gasteiger partial charge in [-0.1, -0.05) is 146 Å². The van der Waals surface area contributed by atoms with E-state index in [0.717, 1.165) is 29.0 Å². The van der Waals surface area contributed by atoms with Gasteiger partial charge in [0.05, 0.1) is 13.0 Å². The monoisotopic (exact) mass is 1760 g/mol. The Morgan fingerprint density at radius 1 is 0.438 bits per heavy atom. The van der Waals surface area contributed by atoms with Crippen LogP contribution in [0.5, 0.6) is 0 Å². The fraction of sp³-hybridized carbons (Fsp3) is 0.364. The van der Waals surface area contributed by atoms with Gasteiger partial charge < -0.3 is 119 Å². The molecule has 7 aromatic rings. The summed E-state index contributed by atoms with van der Waals surface area (Å²) in [7, 11) is 0. The maximum absolute atomic E-state index is 15.6. The van der Waals surface area contributed by atoms with Crippen molar-refractivity contribution in [1.29, 1.82) is 10.8 Å². The molecule has 2 aliphatic heterocycles. The van der Waals surface area contributed by atoms with Gasteiger partial charge in [0.2, 0.25) is 76.8 Å². The van der Waals surface area contributed by atoms with Gasteiger partial charge in [-0.05, 0) is 133 Å². The van der Waals surface area contributed by atoms with Crippen molar-refractivity contribution in [3.63, 3.8) is 0 Å². The lowest BCUT2D eigenvalue weighted by atomic mass is 9.99. The molecular weight excluding hydrogens is 1650 g/mol. The Balaban J connectivity index is 1.21. The largest absolute Gasteiger partial charge is 0.394 e. The van der Waals surface area contributed by atoms with E-state index in [9.17, 15) is 38.7 Å². The molecule has 0 aliphatic carbocycles. The van der Waals surface area contributed by atoms with Crippen LogP contribution in [0.4, 0.5) is 0 Å². The number of hydrogen-bond acceptors (Lipinski definition) is 20. The third-order valence-electron chi connectivity index (χ3n) is 21.2. The van der Waals surface area contributed by atoms with Gasteiger partial charge in [0.15, 0.2) is 11.9 Å². The van der Waals surface area contributed by atoms with E-state index in [2.05, 4.69) is 85.1 Å². The van der Waals surface area contributed by atoms with Crippen LogP contribution >= 0.6 is 0 Å². The second-order valence-corrected chi connectivity index (χ2v) is 31.0. The first kappa shape index (κ1) is 96.9. The van der Waals surface area contributed by atoms with Gasteiger partial charge in [0, 0.05) is 62.1 Å². The van der Waals surface area contributed by atoms with E-state index in [-0.39, 0.29) is 109 Å². The number of hydrogen-bond donors (Lipinski definition) is 24. The maximum Gasteiger partial charge on any atom is 0.251 e. The minimum Gasteiger partial charge on any atom is -0.394 e. The summed E-state index contributed by atoms with van der Waals surface area (Å²) >= 11 is 0. The SMILES string of the molecule is C[C@@H]1NC(=O)[C@@H](Cc2ccccc2)NC(=O)[C@@H]2CCCCNC(=O)c3cc(cc(c3)C(=O)N[C@H](Cc3ccc4ccccc4c3)C(=O)N[C@@H](CO)C(=O)N[C@@H](CC(N)=O)C(=O)N[C@H](Cc3ccc4ccccc4c3)C(=O)N[C@@H](c3ccccc3)C(=O)N2)C(=O)NC[C@@H](C(=O)N[C@@H](CCCN)C(N)=O)NC(=O)[C@H](CCCNC(=N)N)NC(=O)[C@@H](CCCNC(=N)N)NC1=O. The third kappa shape index (κ3) is 29.3. The summed E-state index contributed by atoms with van der Waals surface area (Å²) in [6.45, 7) is -1.16. The Kier molecular flexibility index (Phi) is 36.2.